The van der Waals surface area contributed by atoms with Gasteiger partial charge in [0.25, 0.3) is 0 Å². The molecule has 1 amide bonds. The number of likely N-dealkylation sites (tertiary alicyclic amines) is 1. The number of aromatic nitrogens is 1. The molecule has 0 saturated carbocycles. The van der Waals surface area contributed by atoms with Crippen molar-refractivity contribution >= 4 is 44.3 Å². The summed E-state index contributed by atoms with van der Waals surface area (Å²) in [5.41, 5.74) is 1.11. The molecule has 1 saturated heterocycles. The van der Waals surface area contributed by atoms with Crippen molar-refractivity contribution in [1.82, 2.24) is 9.47 Å². The first-order valence-electron chi connectivity index (χ1n) is 9.46. The quantitative estimate of drug-likeness (QED) is 0.597. The van der Waals surface area contributed by atoms with E-state index in [1.165, 1.54) is 0 Å². The van der Waals surface area contributed by atoms with Crippen molar-refractivity contribution in [3.63, 3.8) is 0 Å². The zero-order valence-corrected chi connectivity index (χ0v) is 17.8. The zero-order valence-electron chi connectivity index (χ0n) is 15.4. The molecule has 1 aromatic heterocycles. The summed E-state index contributed by atoms with van der Waals surface area (Å²) in [6, 6.07) is 15.5. The number of amides is 1. The summed E-state index contributed by atoms with van der Waals surface area (Å²) >= 11 is 9.51. The molecule has 3 aromatic rings. The van der Waals surface area contributed by atoms with Gasteiger partial charge in [0.05, 0.1) is 5.60 Å². The van der Waals surface area contributed by atoms with Gasteiger partial charge in [0, 0.05) is 52.7 Å². The molecule has 6 heteroatoms. The highest BCUT2D eigenvalue weighted by Gasteiger charge is 2.35. The Morgan fingerprint density at radius 1 is 1.11 bits per heavy atom. The summed E-state index contributed by atoms with van der Waals surface area (Å²) in [5.74, 6) is 0.134. The summed E-state index contributed by atoms with van der Waals surface area (Å²) in [6.45, 7) is 1.78. The summed E-state index contributed by atoms with van der Waals surface area (Å²) in [7, 11) is 0. The van der Waals surface area contributed by atoms with Crippen LogP contribution in [0.1, 0.15) is 24.8 Å². The minimum Gasteiger partial charge on any atom is -0.385 e. The fourth-order valence-electron chi connectivity index (χ4n) is 3.93. The Kier molecular flexibility index (Phi) is 5.50. The van der Waals surface area contributed by atoms with Crippen molar-refractivity contribution in [1.29, 1.82) is 0 Å². The van der Waals surface area contributed by atoms with Gasteiger partial charge in [-0.05, 0) is 48.7 Å². The fraction of sp³-hybridized carbons (Fsp3) is 0.318. The van der Waals surface area contributed by atoms with Gasteiger partial charge in [-0.1, -0.05) is 45.7 Å². The lowest BCUT2D eigenvalue weighted by atomic mass is 9.84. The van der Waals surface area contributed by atoms with Crippen LogP contribution in [-0.2, 0) is 16.9 Å². The van der Waals surface area contributed by atoms with Crippen LogP contribution >= 0.6 is 27.5 Å². The molecule has 0 atom stereocenters. The van der Waals surface area contributed by atoms with Gasteiger partial charge in [-0.3, -0.25) is 4.79 Å². The van der Waals surface area contributed by atoms with Crippen LogP contribution in [0.5, 0.6) is 0 Å². The van der Waals surface area contributed by atoms with E-state index in [1.54, 1.807) is 12.1 Å². The van der Waals surface area contributed by atoms with Crippen molar-refractivity contribution < 1.29 is 9.90 Å². The van der Waals surface area contributed by atoms with Crippen LogP contribution in [-0.4, -0.2) is 33.6 Å². The number of hydrogen-bond acceptors (Lipinski definition) is 2. The van der Waals surface area contributed by atoms with Gasteiger partial charge in [-0.2, -0.15) is 0 Å². The van der Waals surface area contributed by atoms with Crippen LogP contribution in [0.4, 0.5) is 0 Å². The number of carbonyl (C=O) groups excluding carboxylic acids is 1. The molecule has 0 bridgehead atoms. The molecule has 0 spiro atoms. The largest absolute Gasteiger partial charge is 0.385 e. The molecule has 1 aliphatic rings. The molecular formula is C22H22BrClN2O2. The number of carbonyl (C=O) groups is 1. The lowest BCUT2D eigenvalue weighted by Crippen LogP contribution is -2.45. The highest BCUT2D eigenvalue weighted by atomic mass is 79.9. The number of benzene rings is 2. The van der Waals surface area contributed by atoms with E-state index in [-0.39, 0.29) is 5.91 Å². The second-order valence-corrected chi connectivity index (χ2v) is 8.64. The van der Waals surface area contributed by atoms with Crippen LogP contribution in [0.2, 0.25) is 5.02 Å². The Labute approximate surface area is 177 Å². The van der Waals surface area contributed by atoms with E-state index in [2.05, 4.69) is 32.6 Å². The smallest absolute Gasteiger partial charge is 0.224 e. The fourth-order valence-corrected chi connectivity index (χ4v) is 4.54. The number of rotatable bonds is 4. The van der Waals surface area contributed by atoms with Crippen LogP contribution in [0.25, 0.3) is 10.9 Å². The van der Waals surface area contributed by atoms with Gasteiger partial charge in [0.15, 0.2) is 0 Å². The van der Waals surface area contributed by atoms with E-state index in [0.717, 1.165) is 20.9 Å². The summed E-state index contributed by atoms with van der Waals surface area (Å²) in [4.78, 5) is 14.6. The second kappa shape index (κ2) is 7.90. The highest BCUT2D eigenvalue weighted by Crippen LogP contribution is 2.33. The Hall–Kier alpha value is -1.82. The highest BCUT2D eigenvalue weighted by molar-refractivity contribution is 9.10. The van der Waals surface area contributed by atoms with E-state index >= 15 is 0 Å². The monoisotopic (exact) mass is 460 g/mol. The van der Waals surface area contributed by atoms with E-state index in [0.29, 0.717) is 43.9 Å². The predicted octanol–water partition coefficient (Wildman–Crippen LogP) is 4.96. The molecule has 0 radical (unpaired) electrons. The molecule has 4 rings (SSSR count). The second-order valence-electron chi connectivity index (χ2n) is 7.35. The third kappa shape index (κ3) is 3.84. The SMILES string of the molecule is O=C(CCn1ccc2c(Br)cccc21)N1CCC(O)(c2ccc(Cl)cc2)CC1. The molecule has 1 fully saturated rings. The summed E-state index contributed by atoms with van der Waals surface area (Å²) in [6.07, 6.45) is 3.56. The molecular weight excluding hydrogens is 440 g/mol. The minimum absolute atomic E-state index is 0.134. The minimum atomic E-state index is -0.885. The maximum atomic E-state index is 12.7. The number of nitrogens with zero attached hydrogens (tertiary/aromatic N) is 2. The van der Waals surface area contributed by atoms with Crippen molar-refractivity contribution in [2.75, 3.05) is 13.1 Å². The van der Waals surface area contributed by atoms with Gasteiger partial charge < -0.3 is 14.6 Å². The Balaban J connectivity index is 1.36. The van der Waals surface area contributed by atoms with Crippen LogP contribution in [0.15, 0.2) is 59.2 Å². The molecule has 1 aliphatic heterocycles. The Morgan fingerprint density at radius 2 is 1.82 bits per heavy atom. The topological polar surface area (TPSA) is 45.5 Å². The Bertz CT molecular complexity index is 991. The standard InChI is InChI=1S/C22H22BrClN2O2/c23-19-2-1-3-20-18(19)8-12-25(20)13-9-21(27)26-14-10-22(28,11-15-26)16-4-6-17(24)7-5-16/h1-8,12,28H,9-11,13-15H2. The third-order valence-corrected chi connectivity index (χ3v) is 6.60. The molecule has 2 aromatic carbocycles. The van der Waals surface area contributed by atoms with Crippen molar-refractivity contribution in [3.8, 4) is 0 Å². The van der Waals surface area contributed by atoms with Gasteiger partial charge in [-0.25, -0.2) is 0 Å². The number of fused-ring (bicyclic) bond motifs is 1. The number of aliphatic hydroxyl groups is 1. The van der Waals surface area contributed by atoms with Gasteiger partial charge in [0.1, 0.15) is 0 Å². The number of piperidine rings is 1. The predicted molar refractivity (Wildman–Crippen MR) is 115 cm³/mol. The maximum Gasteiger partial charge on any atom is 0.224 e. The average Bonchev–Trinajstić information content (AvgIpc) is 3.11. The lowest BCUT2D eigenvalue weighted by Gasteiger charge is -2.38. The van der Waals surface area contributed by atoms with Gasteiger partial charge in [0.2, 0.25) is 5.91 Å². The summed E-state index contributed by atoms with van der Waals surface area (Å²) < 4.78 is 3.18. The van der Waals surface area contributed by atoms with Crippen molar-refractivity contribution in [2.24, 2.45) is 0 Å². The average molecular weight is 462 g/mol. The number of hydrogen-bond donors (Lipinski definition) is 1. The molecule has 28 heavy (non-hydrogen) atoms. The molecule has 146 valence electrons. The van der Waals surface area contributed by atoms with Crippen LogP contribution in [0, 0.1) is 0 Å². The summed E-state index contributed by atoms with van der Waals surface area (Å²) in [5, 5.41) is 12.8. The van der Waals surface area contributed by atoms with E-state index < -0.39 is 5.60 Å². The number of halogens is 2. The lowest BCUT2D eigenvalue weighted by molar-refractivity contribution is -0.136. The maximum absolute atomic E-state index is 12.7. The Morgan fingerprint density at radius 3 is 2.54 bits per heavy atom. The molecule has 4 nitrogen and oxygen atoms in total. The third-order valence-electron chi connectivity index (χ3n) is 5.65. The first-order chi connectivity index (χ1) is 13.5. The van der Waals surface area contributed by atoms with Crippen LogP contribution < -0.4 is 0 Å². The van der Waals surface area contributed by atoms with Crippen molar-refractivity contribution in [2.45, 2.75) is 31.4 Å². The first kappa shape index (κ1) is 19.5. The molecule has 0 unspecified atom stereocenters. The van der Waals surface area contributed by atoms with E-state index in [4.69, 9.17) is 11.6 Å². The van der Waals surface area contributed by atoms with Crippen LogP contribution in [0.3, 0.4) is 0 Å². The molecule has 0 aliphatic carbocycles. The normalized spacial score (nSPS) is 16.5. The number of aryl methyl sites for hydroxylation is 1. The van der Waals surface area contributed by atoms with Gasteiger partial charge >= 0.3 is 0 Å². The van der Waals surface area contributed by atoms with E-state index in [1.807, 2.05) is 35.4 Å². The molecule has 1 N–H and O–H groups in total. The van der Waals surface area contributed by atoms with E-state index in [9.17, 15) is 9.90 Å². The zero-order chi connectivity index (χ0) is 19.7. The first-order valence-corrected chi connectivity index (χ1v) is 10.6. The van der Waals surface area contributed by atoms with Crippen molar-refractivity contribution in [3.05, 3.63) is 69.8 Å². The molecule has 2 heterocycles. The van der Waals surface area contributed by atoms with Gasteiger partial charge in [-0.15, -0.1) is 0 Å².